The molecular formula is C17H21F2NO4. The zero-order chi connectivity index (χ0) is 17.9. The average molecular weight is 341 g/mol. The highest BCUT2D eigenvalue weighted by Crippen LogP contribution is 2.36. The van der Waals surface area contributed by atoms with Gasteiger partial charge in [-0.1, -0.05) is 13.3 Å². The number of hydrogen-bond donors (Lipinski definition) is 1. The van der Waals surface area contributed by atoms with Crippen molar-refractivity contribution in [3.05, 3.63) is 29.3 Å². The van der Waals surface area contributed by atoms with E-state index < -0.39 is 34.5 Å². The molecule has 0 spiro atoms. The van der Waals surface area contributed by atoms with Crippen LogP contribution in [0.2, 0.25) is 0 Å². The number of carbonyl (C=O) groups is 2. The van der Waals surface area contributed by atoms with E-state index in [-0.39, 0.29) is 18.8 Å². The number of methoxy groups -OCH3 is 1. The van der Waals surface area contributed by atoms with E-state index >= 15 is 0 Å². The first-order chi connectivity index (χ1) is 11.4. The van der Waals surface area contributed by atoms with Gasteiger partial charge in [0.2, 0.25) is 0 Å². The summed E-state index contributed by atoms with van der Waals surface area (Å²) in [5.74, 6) is -4.10. The maximum atomic E-state index is 14.3. The lowest BCUT2D eigenvalue weighted by molar-refractivity contribution is -0.152. The predicted octanol–water partition coefficient (Wildman–Crippen LogP) is 3.08. The molecule has 1 atom stereocenters. The Morgan fingerprint density at radius 1 is 1.38 bits per heavy atom. The molecule has 1 aliphatic heterocycles. The van der Waals surface area contributed by atoms with E-state index in [1.54, 1.807) is 0 Å². The minimum Gasteiger partial charge on any atom is -0.494 e. The van der Waals surface area contributed by atoms with E-state index in [1.807, 2.05) is 6.92 Å². The summed E-state index contributed by atoms with van der Waals surface area (Å²) in [4.78, 5) is 25.6. The highest BCUT2D eigenvalue weighted by molar-refractivity contribution is 5.95. The van der Waals surface area contributed by atoms with Gasteiger partial charge in [-0.25, -0.2) is 8.78 Å². The van der Waals surface area contributed by atoms with Gasteiger partial charge in [-0.15, -0.1) is 0 Å². The standard InChI is InChI=1S/C17H21F2NO4/c1-3-7-17(16(22)23)8-4-9-20(10-17)15(21)13-11(18)5-6-12(24-2)14(13)19/h5-6H,3-4,7-10H2,1-2H3,(H,22,23)/t17-/m0/s1. The fraction of sp³-hybridized carbons (Fsp3) is 0.529. The summed E-state index contributed by atoms with van der Waals surface area (Å²) in [7, 11) is 1.22. The summed E-state index contributed by atoms with van der Waals surface area (Å²) in [6.45, 7) is 2.09. The van der Waals surface area contributed by atoms with Crippen LogP contribution < -0.4 is 4.74 Å². The molecule has 132 valence electrons. The molecule has 2 rings (SSSR count). The first kappa shape index (κ1) is 18.2. The number of halogens is 2. The lowest BCUT2D eigenvalue weighted by Gasteiger charge is -2.40. The van der Waals surface area contributed by atoms with Gasteiger partial charge < -0.3 is 14.7 Å². The van der Waals surface area contributed by atoms with Crippen LogP contribution in [0.25, 0.3) is 0 Å². The van der Waals surface area contributed by atoms with E-state index in [4.69, 9.17) is 4.74 Å². The smallest absolute Gasteiger partial charge is 0.311 e. The second kappa shape index (κ2) is 7.15. The molecule has 5 nitrogen and oxygen atoms in total. The lowest BCUT2D eigenvalue weighted by Crippen LogP contribution is -2.50. The molecule has 1 fully saturated rings. The Morgan fingerprint density at radius 3 is 2.67 bits per heavy atom. The van der Waals surface area contributed by atoms with Crippen LogP contribution in [0, 0.1) is 17.0 Å². The minimum absolute atomic E-state index is 0.0505. The number of amides is 1. The Balaban J connectivity index is 2.35. The van der Waals surface area contributed by atoms with E-state index in [1.165, 1.54) is 12.0 Å². The Bertz CT molecular complexity index is 646. The Kier molecular flexibility index (Phi) is 5.41. The number of likely N-dealkylation sites (tertiary alicyclic amines) is 1. The highest BCUT2D eigenvalue weighted by atomic mass is 19.1. The fourth-order valence-corrected chi connectivity index (χ4v) is 3.31. The summed E-state index contributed by atoms with van der Waals surface area (Å²) in [5.41, 5.74) is -1.76. The second-order valence-electron chi connectivity index (χ2n) is 6.10. The minimum atomic E-state index is -1.07. The Labute approximate surface area is 139 Å². The van der Waals surface area contributed by atoms with Crippen LogP contribution in [-0.4, -0.2) is 42.1 Å². The van der Waals surface area contributed by atoms with Gasteiger partial charge in [0.05, 0.1) is 12.5 Å². The van der Waals surface area contributed by atoms with E-state index in [0.29, 0.717) is 25.7 Å². The fourth-order valence-electron chi connectivity index (χ4n) is 3.31. The molecule has 1 aliphatic rings. The van der Waals surface area contributed by atoms with Crippen molar-refractivity contribution in [1.29, 1.82) is 0 Å². The molecule has 1 N–H and O–H groups in total. The maximum Gasteiger partial charge on any atom is 0.311 e. The number of carboxylic acid groups (broad SMARTS) is 1. The first-order valence-corrected chi connectivity index (χ1v) is 7.91. The highest BCUT2D eigenvalue weighted by Gasteiger charge is 2.43. The van der Waals surface area contributed by atoms with Crippen LogP contribution in [0.3, 0.4) is 0 Å². The largest absolute Gasteiger partial charge is 0.494 e. The van der Waals surface area contributed by atoms with Crippen molar-refractivity contribution in [1.82, 2.24) is 4.90 Å². The van der Waals surface area contributed by atoms with Crippen LogP contribution in [0.15, 0.2) is 12.1 Å². The van der Waals surface area contributed by atoms with Gasteiger partial charge in [0.1, 0.15) is 11.4 Å². The topological polar surface area (TPSA) is 66.8 Å². The number of aliphatic carboxylic acids is 1. The van der Waals surface area contributed by atoms with Gasteiger partial charge >= 0.3 is 5.97 Å². The van der Waals surface area contributed by atoms with Crippen LogP contribution in [0.4, 0.5) is 8.78 Å². The molecule has 0 unspecified atom stereocenters. The number of hydrogen-bond acceptors (Lipinski definition) is 3. The zero-order valence-corrected chi connectivity index (χ0v) is 13.8. The molecule has 7 heteroatoms. The van der Waals surface area contributed by atoms with Crippen molar-refractivity contribution in [3.8, 4) is 5.75 Å². The molecule has 0 aliphatic carbocycles. The second-order valence-corrected chi connectivity index (χ2v) is 6.10. The van der Waals surface area contributed by atoms with Crippen molar-refractivity contribution in [2.24, 2.45) is 5.41 Å². The van der Waals surface area contributed by atoms with E-state index in [9.17, 15) is 23.5 Å². The molecule has 1 heterocycles. The van der Waals surface area contributed by atoms with Crippen LogP contribution >= 0.6 is 0 Å². The monoisotopic (exact) mass is 341 g/mol. The summed E-state index contributed by atoms with van der Waals surface area (Å²) in [6.07, 6.45) is 1.99. The molecule has 0 bridgehead atoms. The van der Waals surface area contributed by atoms with Crippen molar-refractivity contribution >= 4 is 11.9 Å². The number of benzene rings is 1. The third-order valence-corrected chi connectivity index (χ3v) is 4.54. The Morgan fingerprint density at radius 2 is 2.08 bits per heavy atom. The summed E-state index contributed by atoms with van der Waals surface area (Å²) < 4.78 is 33.1. The van der Waals surface area contributed by atoms with Crippen LogP contribution in [0.5, 0.6) is 5.75 Å². The van der Waals surface area contributed by atoms with Crippen molar-refractivity contribution in [2.45, 2.75) is 32.6 Å². The first-order valence-electron chi connectivity index (χ1n) is 7.91. The van der Waals surface area contributed by atoms with Gasteiger partial charge in [0.15, 0.2) is 11.6 Å². The number of ether oxygens (including phenoxy) is 1. The third kappa shape index (κ3) is 3.20. The lowest BCUT2D eigenvalue weighted by atomic mass is 9.76. The normalized spacial score (nSPS) is 20.8. The van der Waals surface area contributed by atoms with Gasteiger partial charge in [0, 0.05) is 13.1 Å². The third-order valence-electron chi connectivity index (χ3n) is 4.54. The average Bonchev–Trinajstić information content (AvgIpc) is 2.55. The van der Waals surface area contributed by atoms with Crippen molar-refractivity contribution in [2.75, 3.05) is 20.2 Å². The van der Waals surface area contributed by atoms with Crippen molar-refractivity contribution < 1.29 is 28.2 Å². The Hall–Kier alpha value is -2.18. The number of piperidine rings is 1. The molecule has 24 heavy (non-hydrogen) atoms. The SMILES string of the molecule is CCC[C@]1(C(=O)O)CCCN(C(=O)c2c(F)ccc(OC)c2F)C1. The molecule has 1 saturated heterocycles. The molecule has 0 radical (unpaired) electrons. The molecular weight excluding hydrogens is 320 g/mol. The van der Waals surface area contributed by atoms with E-state index in [0.717, 1.165) is 12.1 Å². The predicted molar refractivity (Wildman–Crippen MR) is 83.0 cm³/mol. The molecule has 1 aromatic rings. The molecule has 1 amide bonds. The van der Waals surface area contributed by atoms with Gasteiger partial charge in [-0.3, -0.25) is 9.59 Å². The number of nitrogens with zero attached hydrogens (tertiary/aromatic N) is 1. The van der Waals surface area contributed by atoms with Crippen molar-refractivity contribution in [3.63, 3.8) is 0 Å². The van der Waals surface area contributed by atoms with Crippen LogP contribution in [-0.2, 0) is 4.79 Å². The van der Waals surface area contributed by atoms with Crippen LogP contribution in [0.1, 0.15) is 43.0 Å². The number of carbonyl (C=O) groups excluding carboxylic acids is 1. The molecule has 0 aromatic heterocycles. The quantitative estimate of drug-likeness (QED) is 0.894. The maximum absolute atomic E-state index is 14.3. The zero-order valence-electron chi connectivity index (χ0n) is 13.8. The summed E-state index contributed by atoms with van der Waals surface area (Å²) in [5, 5.41) is 9.58. The van der Waals surface area contributed by atoms with Gasteiger partial charge in [-0.2, -0.15) is 0 Å². The molecule has 0 saturated carbocycles. The van der Waals surface area contributed by atoms with E-state index in [2.05, 4.69) is 0 Å². The summed E-state index contributed by atoms with van der Waals surface area (Å²) in [6, 6.07) is 2.08. The summed E-state index contributed by atoms with van der Waals surface area (Å²) >= 11 is 0. The van der Waals surface area contributed by atoms with Gasteiger partial charge in [0.25, 0.3) is 5.91 Å². The number of carboxylic acids is 1. The number of rotatable bonds is 5. The van der Waals surface area contributed by atoms with Gasteiger partial charge in [-0.05, 0) is 31.4 Å². The molecule has 1 aromatic carbocycles.